The third kappa shape index (κ3) is 9.74. The molecule has 0 aromatic heterocycles. The molecule has 122 valence electrons. The Morgan fingerprint density at radius 1 is 0.600 bits per heavy atom. The minimum absolute atomic E-state index is 0.922. The van der Waals surface area contributed by atoms with Crippen LogP contribution in [0.5, 0.6) is 0 Å². The van der Waals surface area contributed by atoms with Crippen molar-refractivity contribution in [1.82, 2.24) is 9.13 Å². The molecule has 0 aromatic rings. The van der Waals surface area contributed by atoms with Gasteiger partial charge in [0.05, 0.1) is 0 Å². The largest absolute Gasteiger partial charge is 0.306 e. The van der Waals surface area contributed by atoms with Gasteiger partial charge in [-0.2, -0.15) is 0 Å². The summed E-state index contributed by atoms with van der Waals surface area (Å²) in [7, 11) is 0. The molecule has 0 fully saturated rings. The Bertz CT molecular complexity index is 169. The van der Waals surface area contributed by atoms with E-state index in [1.807, 2.05) is 0 Å². The molecule has 0 saturated heterocycles. The van der Waals surface area contributed by atoms with Crippen molar-refractivity contribution in [3.05, 3.63) is 0 Å². The molecule has 0 bridgehead atoms. The van der Waals surface area contributed by atoms with Crippen LogP contribution in [0.15, 0.2) is 0 Å². The number of nitrogens with zero attached hydrogens (tertiary/aromatic N) is 2. The number of rotatable bonds is 14. The van der Waals surface area contributed by atoms with Crippen LogP contribution in [0.4, 0.5) is 0 Å². The summed E-state index contributed by atoms with van der Waals surface area (Å²) in [4.78, 5) is 0. The molecule has 0 aliphatic carbocycles. The van der Waals surface area contributed by atoms with Crippen molar-refractivity contribution in [3.63, 3.8) is 0 Å². The van der Waals surface area contributed by atoms with Crippen molar-refractivity contribution in [3.8, 4) is 0 Å². The van der Waals surface area contributed by atoms with E-state index in [9.17, 15) is 0 Å². The van der Waals surface area contributed by atoms with Gasteiger partial charge in [-0.05, 0) is 51.9 Å². The maximum Gasteiger partial charge on any atom is 0.259 e. The van der Waals surface area contributed by atoms with Gasteiger partial charge in [-0.3, -0.25) is 0 Å². The molecule has 4 heteroatoms. The zero-order chi connectivity index (χ0) is 15.2. The van der Waals surface area contributed by atoms with Gasteiger partial charge in [-0.25, -0.2) is 0 Å². The molecule has 20 heavy (non-hydrogen) atoms. The van der Waals surface area contributed by atoms with E-state index >= 15 is 0 Å². The van der Waals surface area contributed by atoms with Crippen LogP contribution < -0.4 is 0 Å². The molecule has 0 spiro atoms. The van der Waals surface area contributed by atoms with Crippen LogP contribution >= 0.6 is 21.8 Å². The normalized spacial score (nSPS) is 12.0. The van der Waals surface area contributed by atoms with Crippen LogP contribution in [0.1, 0.15) is 79.1 Å². The van der Waals surface area contributed by atoms with E-state index in [4.69, 9.17) is 0 Å². The highest BCUT2D eigenvalue weighted by Crippen LogP contribution is 2.14. The minimum Gasteiger partial charge on any atom is -0.306 e. The second kappa shape index (κ2) is 14.8. The van der Waals surface area contributed by atoms with E-state index < -0.39 is 6.62 Å². The SMILES string of the molecule is CCCCN(CCCC)[SiH](I)N(CCCC)CCCC. The molecule has 0 N–H and O–H groups in total. The van der Waals surface area contributed by atoms with Crippen molar-refractivity contribution in [2.45, 2.75) is 79.1 Å². The third-order valence-corrected chi connectivity index (χ3v) is 10.8. The summed E-state index contributed by atoms with van der Waals surface area (Å²) >= 11 is 2.82. The Balaban J connectivity index is 4.49. The zero-order valence-electron chi connectivity index (χ0n) is 14.3. The summed E-state index contributed by atoms with van der Waals surface area (Å²) in [6.07, 6.45) is 10.8. The first-order valence-corrected chi connectivity index (χ1v) is 14.0. The lowest BCUT2D eigenvalue weighted by molar-refractivity contribution is 0.341. The molecule has 0 heterocycles. The Morgan fingerprint density at radius 3 is 1.05 bits per heavy atom. The highest BCUT2D eigenvalue weighted by Gasteiger charge is 2.23. The van der Waals surface area contributed by atoms with Crippen LogP contribution in [0.2, 0.25) is 0 Å². The molecule has 0 aliphatic heterocycles. The first-order chi connectivity index (χ1) is 9.71. The zero-order valence-corrected chi connectivity index (χ0v) is 17.6. The monoisotopic (exact) mass is 412 g/mol. The van der Waals surface area contributed by atoms with Crippen molar-refractivity contribution in [1.29, 1.82) is 0 Å². The molecule has 0 rings (SSSR count). The second-order valence-electron chi connectivity index (χ2n) is 5.80. The van der Waals surface area contributed by atoms with Crippen LogP contribution in [-0.4, -0.2) is 41.9 Å². The lowest BCUT2D eigenvalue weighted by atomic mass is 10.3. The predicted octanol–water partition coefficient (Wildman–Crippen LogP) is 4.94. The summed E-state index contributed by atoms with van der Waals surface area (Å²) in [5.41, 5.74) is 0. The van der Waals surface area contributed by atoms with Gasteiger partial charge in [0, 0.05) is 0 Å². The first-order valence-electron chi connectivity index (χ1n) is 8.83. The molecule has 0 atom stereocenters. The summed E-state index contributed by atoms with van der Waals surface area (Å²) in [5.74, 6) is 0. The molecule has 0 aliphatic rings. The van der Waals surface area contributed by atoms with Crippen molar-refractivity contribution in [2.24, 2.45) is 0 Å². The summed E-state index contributed by atoms with van der Waals surface area (Å²) < 4.78 is 5.69. The fourth-order valence-electron chi connectivity index (χ4n) is 2.33. The number of halogens is 1. The number of unbranched alkanes of at least 4 members (excludes halogenated alkanes) is 4. The van der Waals surface area contributed by atoms with Gasteiger partial charge in [0.2, 0.25) is 0 Å². The van der Waals surface area contributed by atoms with E-state index in [1.165, 1.54) is 77.5 Å². The molecule has 0 aromatic carbocycles. The van der Waals surface area contributed by atoms with Crippen molar-refractivity contribution in [2.75, 3.05) is 26.2 Å². The lowest BCUT2D eigenvalue weighted by Gasteiger charge is -2.35. The molecular formula is C16H37IN2Si. The molecule has 0 amide bonds. The maximum absolute atomic E-state index is 2.85. The number of hydrogen-bond acceptors (Lipinski definition) is 2. The quantitative estimate of drug-likeness (QED) is 0.226. The molecule has 0 unspecified atom stereocenters. The first kappa shape index (κ1) is 20.9. The standard InChI is InChI=1S/C16H37IN2Si/c1-5-9-13-18(14-10-6-2)20(17)19(15-11-7-3)16-12-8-4/h20H,5-16H2,1-4H3. The smallest absolute Gasteiger partial charge is 0.259 e. The van der Waals surface area contributed by atoms with Gasteiger partial charge >= 0.3 is 0 Å². The highest BCUT2D eigenvalue weighted by atomic mass is 127. The van der Waals surface area contributed by atoms with Gasteiger partial charge < -0.3 is 9.13 Å². The van der Waals surface area contributed by atoms with Gasteiger partial charge in [-0.1, -0.05) is 75.2 Å². The van der Waals surface area contributed by atoms with E-state index in [2.05, 4.69) is 58.6 Å². The molecular weight excluding hydrogens is 375 g/mol. The van der Waals surface area contributed by atoms with Crippen LogP contribution in [-0.2, 0) is 0 Å². The van der Waals surface area contributed by atoms with Gasteiger partial charge in [-0.15, -0.1) is 0 Å². The van der Waals surface area contributed by atoms with E-state index in [0.29, 0.717) is 0 Å². The average molecular weight is 412 g/mol. The fraction of sp³-hybridized carbons (Fsp3) is 1.00. The number of hydrogen-bond donors (Lipinski definition) is 0. The van der Waals surface area contributed by atoms with Crippen molar-refractivity contribution < 1.29 is 0 Å². The van der Waals surface area contributed by atoms with Crippen molar-refractivity contribution >= 4 is 28.4 Å². The molecule has 0 saturated carbocycles. The Labute approximate surface area is 142 Å². The summed E-state index contributed by atoms with van der Waals surface area (Å²) in [5, 5.41) is 0. The summed E-state index contributed by atoms with van der Waals surface area (Å²) in [6, 6.07) is 0. The second-order valence-corrected chi connectivity index (χ2v) is 11.2. The highest BCUT2D eigenvalue weighted by molar-refractivity contribution is 14.1. The summed E-state index contributed by atoms with van der Waals surface area (Å²) in [6.45, 7) is 13.6. The van der Waals surface area contributed by atoms with Gasteiger partial charge in [0.25, 0.3) is 6.62 Å². The minimum atomic E-state index is -0.922. The Morgan fingerprint density at radius 2 is 0.850 bits per heavy atom. The average Bonchev–Trinajstić information content (AvgIpc) is 2.47. The van der Waals surface area contributed by atoms with E-state index in [1.54, 1.807) is 0 Å². The van der Waals surface area contributed by atoms with Crippen LogP contribution in [0, 0.1) is 0 Å². The van der Waals surface area contributed by atoms with E-state index in [0.717, 1.165) is 0 Å². The van der Waals surface area contributed by atoms with Gasteiger partial charge in [0.15, 0.2) is 0 Å². The topological polar surface area (TPSA) is 6.48 Å². The molecule has 2 nitrogen and oxygen atoms in total. The van der Waals surface area contributed by atoms with Gasteiger partial charge in [0.1, 0.15) is 0 Å². The van der Waals surface area contributed by atoms with Crippen LogP contribution in [0.3, 0.4) is 0 Å². The predicted molar refractivity (Wildman–Crippen MR) is 104 cm³/mol. The lowest BCUT2D eigenvalue weighted by Crippen LogP contribution is -2.50. The molecule has 0 radical (unpaired) electrons. The third-order valence-electron chi connectivity index (χ3n) is 3.80. The maximum atomic E-state index is 2.85. The van der Waals surface area contributed by atoms with Crippen LogP contribution in [0.25, 0.3) is 0 Å². The Kier molecular flexibility index (Phi) is 15.4. The fourth-order valence-corrected chi connectivity index (χ4v) is 7.71. The van der Waals surface area contributed by atoms with E-state index in [-0.39, 0.29) is 0 Å². The Hall–Kier alpha value is 0.867.